The van der Waals surface area contributed by atoms with Gasteiger partial charge >= 0.3 is 0 Å². The molecule has 1 aromatic heterocycles. The van der Waals surface area contributed by atoms with Gasteiger partial charge < -0.3 is 4.42 Å². The first-order chi connectivity index (χ1) is 7.65. The Morgan fingerprint density at radius 3 is 2.44 bits per heavy atom. The maximum absolute atomic E-state index is 5.45. The molecule has 0 bridgehead atoms. The van der Waals surface area contributed by atoms with E-state index in [1.165, 1.54) is 3.57 Å². The van der Waals surface area contributed by atoms with Crippen molar-refractivity contribution in [3.63, 3.8) is 0 Å². The summed E-state index contributed by atoms with van der Waals surface area (Å²) in [6.45, 7) is 0. The van der Waals surface area contributed by atoms with Gasteiger partial charge in [0.05, 0.1) is 16.4 Å². The third kappa shape index (κ3) is 3.30. The van der Waals surface area contributed by atoms with Gasteiger partial charge in [-0.15, -0.1) is 0 Å². The van der Waals surface area contributed by atoms with Crippen LogP contribution in [0, 0.1) is 7.34 Å². The summed E-state index contributed by atoms with van der Waals surface area (Å²) in [5, 5.41) is 0. The van der Waals surface area contributed by atoms with Crippen LogP contribution in [0.15, 0.2) is 44.2 Å². The molecule has 0 atom stereocenters. The molecule has 1 aromatic carbocycles. The van der Waals surface area contributed by atoms with Gasteiger partial charge in [-0.1, -0.05) is 0 Å². The minimum absolute atomic E-state index is 0.745. The minimum atomic E-state index is 0.745. The van der Waals surface area contributed by atoms with Crippen LogP contribution in [0.25, 0.3) is 0 Å². The highest BCUT2D eigenvalue weighted by Gasteiger charge is 2.02. The Hall–Kier alpha value is 0.110. The van der Waals surface area contributed by atoms with Crippen molar-refractivity contribution in [2.75, 3.05) is 0 Å². The van der Waals surface area contributed by atoms with Crippen LogP contribution in [0.1, 0.15) is 5.76 Å². The molecule has 0 aliphatic heterocycles. The number of aliphatic imine (C=N–C) groups is 1. The second-order valence-corrected chi connectivity index (χ2v) is 6.08. The minimum Gasteiger partial charge on any atom is -0.448 e. The maximum atomic E-state index is 5.45. The van der Waals surface area contributed by atoms with Crippen molar-refractivity contribution in [2.45, 2.75) is 0 Å². The zero-order chi connectivity index (χ0) is 11.5. The van der Waals surface area contributed by atoms with Crippen molar-refractivity contribution < 1.29 is 4.42 Å². The molecule has 0 saturated heterocycles. The highest BCUT2D eigenvalue weighted by atomic mass is 127. The Balaban J connectivity index is 2.17. The molecule has 0 fully saturated rings. The van der Waals surface area contributed by atoms with Gasteiger partial charge in [0.15, 0.2) is 3.77 Å². The van der Waals surface area contributed by atoms with Crippen LogP contribution in [-0.4, -0.2) is 6.21 Å². The second-order valence-electron chi connectivity index (χ2n) is 3.01. The molecule has 0 spiro atoms. The van der Waals surface area contributed by atoms with Crippen molar-refractivity contribution in [3.05, 3.63) is 47.9 Å². The number of furan rings is 1. The summed E-state index contributed by atoms with van der Waals surface area (Å²) < 4.78 is 8.44. The topological polar surface area (TPSA) is 25.5 Å². The number of rotatable bonds is 2. The highest BCUT2D eigenvalue weighted by molar-refractivity contribution is 14.1. The van der Waals surface area contributed by atoms with Crippen LogP contribution >= 0.6 is 61.1 Å². The lowest BCUT2D eigenvalue weighted by atomic mass is 10.3. The van der Waals surface area contributed by atoms with Crippen LogP contribution in [0.5, 0.6) is 0 Å². The summed E-state index contributed by atoms with van der Waals surface area (Å²) in [6.07, 6.45) is 1.72. The number of hydrogen-bond acceptors (Lipinski definition) is 2. The number of nitrogens with zero attached hydrogens (tertiary/aromatic N) is 1. The monoisotopic (exact) mass is 501 g/mol. The van der Waals surface area contributed by atoms with E-state index in [-0.39, 0.29) is 0 Å². The molecular weight excluding hydrogens is 496 g/mol. The summed E-state index contributed by atoms with van der Waals surface area (Å²) in [7, 11) is 0. The lowest BCUT2D eigenvalue weighted by Gasteiger charge is -1.92. The Kier molecular flexibility index (Phi) is 4.42. The standard InChI is InChI=1S/C11H6BrI2NO/c12-10-5-9(16-11(10)14)6-15-8-3-1-7(13)2-4-8/h1-6H. The van der Waals surface area contributed by atoms with Gasteiger partial charge in [0.25, 0.3) is 0 Å². The molecule has 0 radical (unpaired) electrons. The second kappa shape index (κ2) is 5.63. The van der Waals surface area contributed by atoms with Crippen molar-refractivity contribution in [3.8, 4) is 0 Å². The molecule has 2 nitrogen and oxygen atoms in total. The summed E-state index contributed by atoms with van der Waals surface area (Å²) in [6, 6.07) is 9.89. The molecule has 0 N–H and O–H groups in total. The number of benzene rings is 1. The van der Waals surface area contributed by atoms with Crippen LogP contribution < -0.4 is 0 Å². The summed E-state index contributed by atoms with van der Waals surface area (Å²) in [4.78, 5) is 4.33. The zero-order valence-electron chi connectivity index (χ0n) is 7.95. The molecule has 0 unspecified atom stereocenters. The maximum Gasteiger partial charge on any atom is 0.178 e. The molecule has 82 valence electrons. The Bertz CT molecular complexity index is 500. The van der Waals surface area contributed by atoms with Crippen LogP contribution in [0.2, 0.25) is 0 Å². The summed E-state index contributed by atoms with van der Waals surface area (Å²) in [5.41, 5.74) is 0.919. The first-order valence-electron chi connectivity index (χ1n) is 4.39. The van der Waals surface area contributed by atoms with Gasteiger partial charge in [0.2, 0.25) is 0 Å². The largest absolute Gasteiger partial charge is 0.448 e. The van der Waals surface area contributed by atoms with Crippen molar-refractivity contribution in [1.29, 1.82) is 0 Å². The Labute approximate surface area is 129 Å². The molecular formula is C11H6BrI2NO. The van der Waals surface area contributed by atoms with Crippen LogP contribution in [0.3, 0.4) is 0 Å². The van der Waals surface area contributed by atoms with Crippen LogP contribution in [0.4, 0.5) is 5.69 Å². The summed E-state index contributed by atoms with van der Waals surface area (Å²) in [5.74, 6) is 0.745. The highest BCUT2D eigenvalue weighted by Crippen LogP contribution is 2.22. The zero-order valence-corrected chi connectivity index (χ0v) is 13.9. The fourth-order valence-corrected chi connectivity index (χ4v) is 2.17. The van der Waals surface area contributed by atoms with E-state index in [0.717, 1.165) is 19.7 Å². The predicted molar refractivity (Wildman–Crippen MR) is 85.5 cm³/mol. The molecule has 0 aliphatic carbocycles. The van der Waals surface area contributed by atoms with Crippen molar-refractivity contribution in [1.82, 2.24) is 0 Å². The van der Waals surface area contributed by atoms with Crippen LogP contribution in [-0.2, 0) is 0 Å². The summed E-state index contributed by atoms with van der Waals surface area (Å²) >= 11 is 7.78. The van der Waals surface area contributed by atoms with E-state index in [1.807, 2.05) is 30.3 Å². The lowest BCUT2D eigenvalue weighted by Crippen LogP contribution is -1.74. The van der Waals surface area contributed by atoms with Crippen molar-refractivity contribution in [2.24, 2.45) is 4.99 Å². The molecule has 1 heterocycles. The Morgan fingerprint density at radius 2 is 1.88 bits per heavy atom. The van der Waals surface area contributed by atoms with E-state index in [0.29, 0.717) is 0 Å². The first kappa shape index (κ1) is 12.6. The Morgan fingerprint density at radius 1 is 1.19 bits per heavy atom. The van der Waals surface area contributed by atoms with Gasteiger partial charge in [-0.3, -0.25) is 4.99 Å². The number of halogens is 3. The lowest BCUT2D eigenvalue weighted by molar-refractivity contribution is 0.530. The van der Waals surface area contributed by atoms with E-state index < -0.39 is 0 Å². The van der Waals surface area contributed by atoms with E-state index >= 15 is 0 Å². The molecule has 2 rings (SSSR count). The van der Waals surface area contributed by atoms with Gasteiger partial charge in [-0.05, 0) is 62.8 Å². The fraction of sp³-hybridized carbons (Fsp3) is 0. The predicted octanol–water partition coefficient (Wildman–Crippen LogP) is 5.00. The molecule has 0 amide bonds. The van der Waals surface area contributed by atoms with Gasteiger partial charge in [0.1, 0.15) is 5.76 Å². The van der Waals surface area contributed by atoms with E-state index in [1.54, 1.807) is 6.21 Å². The average molecular weight is 502 g/mol. The third-order valence-corrected chi connectivity index (χ3v) is 4.68. The van der Waals surface area contributed by atoms with Crippen molar-refractivity contribution >= 4 is 73.0 Å². The smallest absolute Gasteiger partial charge is 0.178 e. The van der Waals surface area contributed by atoms with E-state index in [9.17, 15) is 0 Å². The molecule has 0 aliphatic rings. The van der Waals surface area contributed by atoms with E-state index in [2.05, 4.69) is 66.1 Å². The molecule has 2 aromatic rings. The third-order valence-electron chi connectivity index (χ3n) is 1.83. The van der Waals surface area contributed by atoms with Gasteiger partial charge in [-0.25, -0.2) is 0 Å². The molecule has 5 heteroatoms. The fourth-order valence-electron chi connectivity index (χ4n) is 1.09. The quantitative estimate of drug-likeness (QED) is 0.420. The van der Waals surface area contributed by atoms with Gasteiger partial charge in [0, 0.05) is 32.2 Å². The van der Waals surface area contributed by atoms with Gasteiger partial charge in [-0.2, -0.15) is 0 Å². The number of hydrogen-bond donors (Lipinski definition) is 0. The SMILES string of the molecule is Brc1cc(C=Nc2ccc(I)cc2)oc1I. The molecule has 0 saturated carbocycles. The normalized spacial score (nSPS) is 11.2. The average Bonchev–Trinajstić information content (AvgIpc) is 2.58. The molecule has 16 heavy (non-hydrogen) atoms. The first-order valence-corrected chi connectivity index (χ1v) is 7.34. The van der Waals surface area contributed by atoms with E-state index in [4.69, 9.17) is 4.42 Å².